The number of carboxylic acids is 1. The average molecular weight is 358 g/mol. The predicted molar refractivity (Wildman–Crippen MR) is 111 cm³/mol. The van der Waals surface area contributed by atoms with E-state index in [9.17, 15) is 4.79 Å². The SMILES string of the molecule is Cc1ccc(CCCCc2ccc(-c3ccc(C(=O)O)c(C)c3)cc2)cc1. The summed E-state index contributed by atoms with van der Waals surface area (Å²) in [5.41, 5.74) is 7.41. The van der Waals surface area contributed by atoms with Gasteiger partial charge in [0, 0.05) is 0 Å². The van der Waals surface area contributed by atoms with Crippen molar-refractivity contribution < 1.29 is 9.90 Å². The number of aryl methyl sites for hydroxylation is 4. The van der Waals surface area contributed by atoms with Crippen LogP contribution >= 0.6 is 0 Å². The lowest BCUT2D eigenvalue weighted by molar-refractivity contribution is 0.0696. The van der Waals surface area contributed by atoms with E-state index in [0.717, 1.165) is 29.5 Å². The molecule has 2 heteroatoms. The second-order valence-corrected chi connectivity index (χ2v) is 7.22. The highest BCUT2D eigenvalue weighted by atomic mass is 16.4. The lowest BCUT2D eigenvalue weighted by Gasteiger charge is -2.08. The van der Waals surface area contributed by atoms with Gasteiger partial charge in [-0.2, -0.15) is 0 Å². The van der Waals surface area contributed by atoms with Gasteiger partial charge in [-0.05, 0) is 73.4 Å². The van der Waals surface area contributed by atoms with Gasteiger partial charge in [0.2, 0.25) is 0 Å². The fraction of sp³-hybridized carbons (Fsp3) is 0.240. The molecule has 27 heavy (non-hydrogen) atoms. The summed E-state index contributed by atoms with van der Waals surface area (Å²) in [6.45, 7) is 3.96. The topological polar surface area (TPSA) is 37.3 Å². The molecular formula is C25H26O2. The molecule has 0 heterocycles. The summed E-state index contributed by atoms with van der Waals surface area (Å²) in [6.07, 6.45) is 4.59. The molecule has 0 aliphatic carbocycles. The maximum Gasteiger partial charge on any atom is 0.335 e. The second kappa shape index (κ2) is 8.68. The van der Waals surface area contributed by atoms with Crippen LogP contribution in [0.4, 0.5) is 0 Å². The summed E-state index contributed by atoms with van der Waals surface area (Å²) in [5, 5.41) is 9.15. The Morgan fingerprint density at radius 1 is 0.741 bits per heavy atom. The Labute approximate surface area is 161 Å². The monoisotopic (exact) mass is 358 g/mol. The van der Waals surface area contributed by atoms with E-state index in [4.69, 9.17) is 5.11 Å². The van der Waals surface area contributed by atoms with Gasteiger partial charge in [-0.1, -0.05) is 66.2 Å². The van der Waals surface area contributed by atoms with Crippen molar-refractivity contribution in [1.29, 1.82) is 0 Å². The first kappa shape index (κ1) is 18.9. The number of hydrogen-bond acceptors (Lipinski definition) is 1. The molecule has 0 unspecified atom stereocenters. The molecule has 0 spiro atoms. The lowest BCUT2D eigenvalue weighted by Crippen LogP contribution is -1.99. The molecular weight excluding hydrogens is 332 g/mol. The number of aromatic carboxylic acids is 1. The zero-order valence-electron chi connectivity index (χ0n) is 16.0. The summed E-state index contributed by atoms with van der Waals surface area (Å²) in [5.74, 6) is -0.875. The molecule has 0 fully saturated rings. The largest absolute Gasteiger partial charge is 0.478 e. The van der Waals surface area contributed by atoms with Gasteiger partial charge >= 0.3 is 5.97 Å². The molecule has 138 valence electrons. The first-order chi connectivity index (χ1) is 13.0. The van der Waals surface area contributed by atoms with E-state index in [-0.39, 0.29) is 0 Å². The van der Waals surface area contributed by atoms with E-state index < -0.39 is 5.97 Å². The standard InChI is InChI=1S/C25H26O2/c1-18-7-9-20(10-8-18)5-3-4-6-21-11-13-22(14-12-21)23-15-16-24(25(26)27)19(2)17-23/h7-17H,3-6H2,1-2H3,(H,26,27). The van der Waals surface area contributed by atoms with Crippen molar-refractivity contribution in [3.63, 3.8) is 0 Å². The second-order valence-electron chi connectivity index (χ2n) is 7.22. The van der Waals surface area contributed by atoms with Gasteiger partial charge in [0.05, 0.1) is 5.56 Å². The van der Waals surface area contributed by atoms with Crippen LogP contribution in [0.2, 0.25) is 0 Å². The van der Waals surface area contributed by atoms with Gasteiger partial charge in [0.25, 0.3) is 0 Å². The van der Waals surface area contributed by atoms with E-state index in [0.29, 0.717) is 5.56 Å². The number of carboxylic acid groups (broad SMARTS) is 1. The quantitative estimate of drug-likeness (QED) is 0.508. The van der Waals surface area contributed by atoms with Crippen LogP contribution in [0.25, 0.3) is 11.1 Å². The third kappa shape index (κ3) is 5.07. The van der Waals surface area contributed by atoms with Crippen LogP contribution < -0.4 is 0 Å². The van der Waals surface area contributed by atoms with Gasteiger partial charge in [-0.15, -0.1) is 0 Å². The third-order valence-corrected chi connectivity index (χ3v) is 5.05. The fourth-order valence-corrected chi connectivity index (χ4v) is 3.36. The highest BCUT2D eigenvalue weighted by Gasteiger charge is 2.08. The molecule has 2 nitrogen and oxygen atoms in total. The zero-order valence-corrected chi connectivity index (χ0v) is 16.0. The minimum Gasteiger partial charge on any atom is -0.478 e. The minimum atomic E-state index is -0.875. The maximum absolute atomic E-state index is 11.1. The fourth-order valence-electron chi connectivity index (χ4n) is 3.36. The van der Waals surface area contributed by atoms with Crippen LogP contribution in [-0.2, 0) is 12.8 Å². The van der Waals surface area contributed by atoms with E-state index in [2.05, 4.69) is 55.5 Å². The van der Waals surface area contributed by atoms with E-state index in [1.165, 1.54) is 29.5 Å². The molecule has 0 saturated carbocycles. The predicted octanol–water partition coefficient (Wildman–Crippen LogP) is 6.23. The van der Waals surface area contributed by atoms with Gasteiger partial charge in [-0.25, -0.2) is 4.79 Å². The van der Waals surface area contributed by atoms with Gasteiger partial charge in [0.1, 0.15) is 0 Å². The summed E-state index contributed by atoms with van der Waals surface area (Å²) in [4.78, 5) is 11.1. The molecule has 0 amide bonds. The Morgan fingerprint density at radius 2 is 1.26 bits per heavy atom. The van der Waals surface area contributed by atoms with Crippen molar-refractivity contribution in [3.8, 4) is 11.1 Å². The zero-order chi connectivity index (χ0) is 19.2. The van der Waals surface area contributed by atoms with Crippen LogP contribution in [0.1, 0.15) is 45.5 Å². The summed E-state index contributed by atoms with van der Waals surface area (Å²) in [6, 6.07) is 22.9. The van der Waals surface area contributed by atoms with Crippen molar-refractivity contribution in [2.45, 2.75) is 39.5 Å². The molecule has 0 bridgehead atoms. The molecule has 1 N–H and O–H groups in total. The normalized spacial score (nSPS) is 10.7. The Balaban J connectivity index is 1.55. The van der Waals surface area contributed by atoms with Crippen LogP contribution in [0.15, 0.2) is 66.7 Å². The van der Waals surface area contributed by atoms with Gasteiger partial charge in [-0.3, -0.25) is 0 Å². The Bertz CT molecular complexity index is 906. The molecule has 3 aromatic carbocycles. The van der Waals surface area contributed by atoms with Crippen molar-refractivity contribution in [1.82, 2.24) is 0 Å². The molecule has 0 radical (unpaired) electrons. The molecule has 3 aromatic rings. The van der Waals surface area contributed by atoms with Gasteiger partial charge in [0.15, 0.2) is 0 Å². The number of hydrogen-bond donors (Lipinski definition) is 1. The van der Waals surface area contributed by atoms with Crippen molar-refractivity contribution in [3.05, 3.63) is 94.5 Å². The summed E-state index contributed by atoms with van der Waals surface area (Å²) in [7, 11) is 0. The Kier molecular flexibility index (Phi) is 6.08. The molecule has 0 aromatic heterocycles. The summed E-state index contributed by atoms with van der Waals surface area (Å²) < 4.78 is 0. The van der Waals surface area contributed by atoms with E-state index in [1.807, 2.05) is 19.1 Å². The number of unbranched alkanes of at least 4 members (excludes halogenated alkanes) is 1. The van der Waals surface area contributed by atoms with Gasteiger partial charge < -0.3 is 5.11 Å². The molecule has 0 atom stereocenters. The molecule has 3 rings (SSSR count). The molecule has 0 aliphatic rings. The molecule has 0 aliphatic heterocycles. The number of rotatable bonds is 7. The lowest BCUT2D eigenvalue weighted by atomic mass is 9.97. The average Bonchev–Trinajstić information content (AvgIpc) is 2.67. The number of carbonyl (C=O) groups is 1. The van der Waals surface area contributed by atoms with Crippen LogP contribution in [0.5, 0.6) is 0 Å². The maximum atomic E-state index is 11.1. The van der Waals surface area contributed by atoms with Crippen molar-refractivity contribution in [2.75, 3.05) is 0 Å². The highest BCUT2D eigenvalue weighted by molar-refractivity contribution is 5.90. The molecule has 0 saturated heterocycles. The van der Waals surface area contributed by atoms with Crippen molar-refractivity contribution in [2.24, 2.45) is 0 Å². The first-order valence-corrected chi connectivity index (χ1v) is 9.52. The summed E-state index contributed by atoms with van der Waals surface area (Å²) >= 11 is 0. The highest BCUT2D eigenvalue weighted by Crippen LogP contribution is 2.23. The Morgan fingerprint density at radius 3 is 1.78 bits per heavy atom. The van der Waals surface area contributed by atoms with Crippen LogP contribution in [-0.4, -0.2) is 11.1 Å². The van der Waals surface area contributed by atoms with Crippen molar-refractivity contribution >= 4 is 5.97 Å². The number of benzene rings is 3. The van der Waals surface area contributed by atoms with E-state index >= 15 is 0 Å². The minimum absolute atomic E-state index is 0.365. The van der Waals surface area contributed by atoms with E-state index in [1.54, 1.807) is 6.07 Å². The smallest absolute Gasteiger partial charge is 0.335 e. The third-order valence-electron chi connectivity index (χ3n) is 5.05. The first-order valence-electron chi connectivity index (χ1n) is 9.52. The van der Waals surface area contributed by atoms with Crippen LogP contribution in [0, 0.1) is 13.8 Å². The van der Waals surface area contributed by atoms with Crippen LogP contribution in [0.3, 0.4) is 0 Å². The Hall–Kier alpha value is -2.87.